The molecule has 1 fully saturated rings. The number of nitrogens with one attached hydrogen (secondary N) is 1. The molecule has 1 N–H and O–H groups in total. The van der Waals surface area contributed by atoms with Crippen LogP contribution in [0.5, 0.6) is 17.4 Å². The van der Waals surface area contributed by atoms with Gasteiger partial charge >= 0.3 is 0 Å². The lowest BCUT2D eigenvalue weighted by Gasteiger charge is -2.19. The molecule has 2 aliphatic heterocycles. The Bertz CT molecular complexity index is 653. The highest BCUT2D eigenvalue weighted by Gasteiger charge is 2.17. The average molecular weight is 286 g/mol. The summed E-state index contributed by atoms with van der Waals surface area (Å²) in [5, 5.41) is 5.46. The van der Waals surface area contributed by atoms with E-state index in [1.165, 1.54) is 6.42 Å². The van der Waals surface area contributed by atoms with Crippen LogP contribution < -0.4 is 19.5 Å². The zero-order chi connectivity index (χ0) is 14.1. The van der Waals surface area contributed by atoms with Crippen molar-refractivity contribution in [2.24, 2.45) is 0 Å². The molecule has 1 atom stereocenters. The molecule has 2 aromatic rings. The molecule has 110 valence electrons. The topological polar surface area (TPSA) is 52.6 Å². The fraction of sp³-hybridized carbons (Fsp3) is 0.438. The highest BCUT2D eigenvalue weighted by atomic mass is 16.6. The Morgan fingerprint density at radius 2 is 2.10 bits per heavy atom. The SMILES string of the molecule is c1cc2cc3c(cc2c(OCC2CCCN2)n1)OCCO3. The van der Waals surface area contributed by atoms with Gasteiger partial charge in [0.05, 0.1) is 0 Å². The maximum absolute atomic E-state index is 5.92. The number of fused-ring (bicyclic) bond motifs is 2. The zero-order valence-electron chi connectivity index (χ0n) is 11.8. The molecule has 4 rings (SSSR count). The number of hydrogen-bond acceptors (Lipinski definition) is 5. The Labute approximate surface area is 123 Å². The van der Waals surface area contributed by atoms with E-state index in [2.05, 4.69) is 10.3 Å². The van der Waals surface area contributed by atoms with Crippen LogP contribution in [0.2, 0.25) is 0 Å². The van der Waals surface area contributed by atoms with Gasteiger partial charge in [0.1, 0.15) is 19.8 Å². The van der Waals surface area contributed by atoms with Gasteiger partial charge in [-0.05, 0) is 43.0 Å². The lowest BCUT2D eigenvalue weighted by Crippen LogP contribution is -2.28. The van der Waals surface area contributed by atoms with E-state index in [1.54, 1.807) is 6.20 Å². The molecule has 2 aliphatic rings. The van der Waals surface area contributed by atoms with Crippen molar-refractivity contribution in [1.29, 1.82) is 0 Å². The van der Waals surface area contributed by atoms with E-state index in [0.29, 0.717) is 31.7 Å². The first-order valence-electron chi connectivity index (χ1n) is 7.45. The first-order valence-corrected chi connectivity index (χ1v) is 7.45. The minimum atomic E-state index is 0.430. The molecule has 0 radical (unpaired) electrons. The van der Waals surface area contributed by atoms with Gasteiger partial charge in [0.25, 0.3) is 0 Å². The van der Waals surface area contributed by atoms with Gasteiger partial charge in [-0.2, -0.15) is 0 Å². The molecule has 5 heteroatoms. The molecule has 3 heterocycles. The molecule has 1 saturated heterocycles. The van der Waals surface area contributed by atoms with Gasteiger partial charge in [0, 0.05) is 17.6 Å². The first-order chi connectivity index (χ1) is 10.4. The van der Waals surface area contributed by atoms with E-state index >= 15 is 0 Å². The number of hydrogen-bond donors (Lipinski definition) is 1. The van der Waals surface area contributed by atoms with Gasteiger partial charge < -0.3 is 19.5 Å². The molecule has 1 aromatic carbocycles. The number of ether oxygens (including phenoxy) is 3. The van der Waals surface area contributed by atoms with Crippen LogP contribution in [-0.4, -0.2) is 37.4 Å². The second-order valence-electron chi connectivity index (χ2n) is 5.44. The van der Waals surface area contributed by atoms with Crippen LogP contribution in [0, 0.1) is 0 Å². The van der Waals surface area contributed by atoms with E-state index in [0.717, 1.165) is 35.2 Å². The third-order valence-corrected chi connectivity index (χ3v) is 3.97. The number of nitrogens with zero attached hydrogens (tertiary/aromatic N) is 1. The van der Waals surface area contributed by atoms with E-state index in [9.17, 15) is 0 Å². The number of pyridine rings is 1. The summed E-state index contributed by atoms with van der Waals surface area (Å²) >= 11 is 0. The van der Waals surface area contributed by atoms with Crippen molar-refractivity contribution in [2.75, 3.05) is 26.4 Å². The Balaban J connectivity index is 1.64. The number of aromatic nitrogens is 1. The summed E-state index contributed by atoms with van der Waals surface area (Å²) < 4.78 is 17.2. The van der Waals surface area contributed by atoms with Crippen LogP contribution in [0.15, 0.2) is 24.4 Å². The number of rotatable bonds is 3. The molecule has 0 saturated carbocycles. The monoisotopic (exact) mass is 286 g/mol. The summed E-state index contributed by atoms with van der Waals surface area (Å²) in [5.41, 5.74) is 0. The van der Waals surface area contributed by atoms with E-state index < -0.39 is 0 Å². The summed E-state index contributed by atoms with van der Waals surface area (Å²) in [6, 6.07) is 6.36. The maximum Gasteiger partial charge on any atom is 0.221 e. The Kier molecular flexibility index (Phi) is 3.27. The van der Waals surface area contributed by atoms with Crippen molar-refractivity contribution < 1.29 is 14.2 Å². The fourth-order valence-electron chi connectivity index (χ4n) is 2.88. The van der Waals surface area contributed by atoms with Crippen molar-refractivity contribution in [3.05, 3.63) is 24.4 Å². The van der Waals surface area contributed by atoms with Crippen molar-refractivity contribution >= 4 is 10.8 Å². The van der Waals surface area contributed by atoms with E-state index in [4.69, 9.17) is 14.2 Å². The summed E-state index contributed by atoms with van der Waals surface area (Å²) in [5.74, 6) is 2.23. The fourth-order valence-corrected chi connectivity index (χ4v) is 2.88. The summed E-state index contributed by atoms with van der Waals surface area (Å²) in [6.45, 7) is 2.91. The Morgan fingerprint density at radius 1 is 1.24 bits per heavy atom. The predicted octanol–water partition coefficient (Wildman–Crippen LogP) is 2.14. The van der Waals surface area contributed by atoms with Crippen LogP contribution in [-0.2, 0) is 0 Å². The highest BCUT2D eigenvalue weighted by molar-refractivity contribution is 5.89. The van der Waals surface area contributed by atoms with Gasteiger partial charge in [0.15, 0.2) is 11.5 Å². The molecule has 0 spiro atoms. The molecule has 5 nitrogen and oxygen atoms in total. The standard InChI is InChI=1S/C16H18N2O3/c1-2-12(17-4-1)10-21-16-13-9-15-14(19-6-7-20-15)8-11(13)3-5-18-16/h3,5,8-9,12,17H,1-2,4,6-7,10H2. The molecule has 1 aromatic heterocycles. The maximum atomic E-state index is 5.92. The first kappa shape index (κ1) is 12.7. The Hall–Kier alpha value is -2.01. The molecule has 0 amide bonds. The third kappa shape index (κ3) is 2.49. The van der Waals surface area contributed by atoms with Crippen molar-refractivity contribution in [1.82, 2.24) is 10.3 Å². The van der Waals surface area contributed by atoms with Crippen molar-refractivity contribution in [3.63, 3.8) is 0 Å². The van der Waals surface area contributed by atoms with Crippen LogP contribution in [0.4, 0.5) is 0 Å². The molecule has 0 aliphatic carbocycles. The van der Waals surface area contributed by atoms with Gasteiger partial charge in [-0.3, -0.25) is 0 Å². The summed E-state index contributed by atoms with van der Waals surface area (Å²) in [7, 11) is 0. The molecule has 21 heavy (non-hydrogen) atoms. The number of benzene rings is 1. The van der Waals surface area contributed by atoms with E-state index in [-0.39, 0.29) is 0 Å². The second kappa shape index (κ2) is 5.41. The summed E-state index contributed by atoms with van der Waals surface area (Å²) in [6.07, 6.45) is 4.16. The van der Waals surface area contributed by atoms with Gasteiger partial charge in [-0.25, -0.2) is 4.98 Å². The molecular weight excluding hydrogens is 268 g/mol. The highest BCUT2D eigenvalue weighted by Crippen LogP contribution is 2.37. The second-order valence-corrected chi connectivity index (χ2v) is 5.44. The zero-order valence-corrected chi connectivity index (χ0v) is 11.8. The average Bonchev–Trinajstić information content (AvgIpc) is 3.04. The minimum Gasteiger partial charge on any atom is -0.486 e. The van der Waals surface area contributed by atoms with Gasteiger partial charge in [0.2, 0.25) is 5.88 Å². The largest absolute Gasteiger partial charge is 0.486 e. The molecular formula is C16H18N2O3. The molecule has 1 unspecified atom stereocenters. The van der Waals surface area contributed by atoms with Gasteiger partial charge in [-0.15, -0.1) is 0 Å². The van der Waals surface area contributed by atoms with Crippen LogP contribution in [0.3, 0.4) is 0 Å². The summed E-state index contributed by atoms with van der Waals surface area (Å²) in [4.78, 5) is 4.37. The predicted molar refractivity (Wildman–Crippen MR) is 79.3 cm³/mol. The third-order valence-electron chi connectivity index (χ3n) is 3.97. The molecule has 0 bridgehead atoms. The lowest BCUT2D eigenvalue weighted by atomic mass is 10.1. The lowest BCUT2D eigenvalue weighted by molar-refractivity contribution is 0.172. The van der Waals surface area contributed by atoms with Crippen LogP contribution in [0.1, 0.15) is 12.8 Å². The Morgan fingerprint density at radius 3 is 2.90 bits per heavy atom. The van der Waals surface area contributed by atoms with Gasteiger partial charge in [-0.1, -0.05) is 0 Å². The van der Waals surface area contributed by atoms with E-state index in [1.807, 2.05) is 18.2 Å². The van der Waals surface area contributed by atoms with Crippen LogP contribution in [0.25, 0.3) is 10.8 Å². The normalized spacial score (nSPS) is 20.7. The smallest absolute Gasteiger partial charge is 0.221 e. The van der Waals surface area contributed by atoms with Crippen molar-refractivity contribution in [2.45, 2.75) is 18.9 Å². The quantitative estimate of drug-likeness (QED) is 0.937. The van der Waals surface area contributed by atoms with Crippen molar-refractivity contribution in [3.8, 4) is 17.4 Å². The minimum absolute atomic E-state index is 0.430. The van der Waals surface area contributed by atoms with Crippen LogP contribution >= 0.6 is 0 Å².